The minimum atomic E-state index is -0.0269. The van der Waals surface area contributed by atoms with Gasteiger partial charge in [0.25, 0.3) is 0 Å². The SMILES string of the molecule is CN=C(NCCCN1CCCCC1C)NCC1(C)CCCO1. The van der Waals surface area contributed by atoms with E-state index < -0.39 is 0 Å². The molecule has 2 fully saturated rings. The number of aliphatic imine (C=N–C) groups is 1. The first-order chi connectivity index (χ1) is 10.6. The second-order valence-corrected chi connectivity index (χ2v) is 6.99. The molecule has 22 heavy (non-hydrogen) atoms. The van der Waals surface area contributed by atoms with Gasteiger partial charge < -0.3 is 20.3 Å². The Balaban J connectivity index is 1.60. The maximum Gasteiger partial charge on any atom is 0.191 e. The third-order valence-electron chi connectivity index (χ3n) is 5.01. The molecule has 2 N–H and O–H groups in total. The molecule has 0 amide bonds. The lowest BCUT2D eigenvalue weighted by atomic mass is 10.0. The molecule has 2 aliphatic heterocycles. The third kappa shape index (κ3) is 5.43. The molecule has 2 atom stereocenters. The van der Waals surface area contributed by atoms with Crippen molar-refractivity contribution in [3.8, 4) is 0 Å². The molecule has 2 saturated heterocycles. The Morgan fingerprint density at radius 2 is 2.18 bits per heavy atom. The molecule has 2 heterocycles. The fraction of sp³-hybridized carbons (Fsp3) is 0.941. The first kappa shape index (κ1) is 17.5. The van der Waals surface area contributed by atoms with Crippen molar-refractivity contribution in [2.45, 2.75) is 64.0 Å². The molecular formula is C17H34N4O. The van der Waals surface area contributed by atoms with Crippen LogP contribution in [0.2, 0.25) is 0 Å². The van der Waals surface area contributed by atoms with Crippen LogP contribution in [-0.2, 0) is 4.74 Å². The van der Waals surface area contributed by atoms with Crippen LogP contribution in [0.4, 0.5) is 0 Å². The predicted octanol–water partition coefficient (Wildman–Crippen LogP) is 1.99. The normalized spacial score (nSPS) is 30.5. The molecule has 0 bridgehead atoms. The molecule has 128 valence electrons. The van der Waals surface area contributed by atoms with Crippen molar-refractivity contribution >= 4 is 5.96 Å². The Kier molecular flexibility index (Phi) is 6.96. The average Bonchev–Trinajstić information content (AvgIpc) is 2.95. The van der Waals surface area contributed by atoms with Crippen molar-refractivity contribution in [1.82, 2.24) is 15.5 Å². The van der Waals surface area contributed by atoms with Gasteiger partial charge in [0.2, 0.25) is 0 Å². The lowest BCUT2D eigenvalue weighted by molar-refractivity contribution is 0.0243. The number of likely N-dealkylation sites (tertiary alicyclic amines) is 1. The molecule has 0 saturated carbocycles. The van der Waals surface area contributed by atoms with E-state index in [2.05, 4.69) is 34.4 Å². The average molecular weight is 310 g/mol. The summed E-state index contributed by atoms with van der Waals surface area (Å²) in [5.41, 5.74) is -0.0269. The quantitative estimate of drug-likeness (QED) is 0.447. The van der Waals surface area contributed by atoms with Crippen LogP contribution in [0.25, 0.3) is 0 Å². The van der Waals surface area contributed by atoms with Crippen molar-refractivity contribution in [2.24, 2.45) is 4.99 Å². The summed E-state index contributed by atoms with van der Waals surface area (Å²) < 4.78 is 5.80. The Bertz CT molecular complexity index is 353. The van der Waals surface area contributed by atoms with Crippen LogP contribution < -0.4 is 10.6 Å². The van der Waals surface area contributed by atoms with Crippen LogP contribution in [0.5, 0.6) is 0 Å². The predicted molar refractivity (Wildman–Crippen MR) is 92.5 cm³/mol. The molecule has 0 aliphatic carbocycles. The fourth-order valence-electron chi connectivity index (χ4n) is 3.45. The third-order valence-corrected chi connectivity index (χ3v) is 5.01. The first-order valence-corrected chi connectivity index (χ1v) is 8.95. The molecule has 2 unspecified atom stereocenters. The summed E-state index contributed by atoms with van der Waals surface area (Å²) in [7, 11) is 1.83. The van der Waals surface area contributed by atoms with Gasteiger partial charge in [-0.05, 0) is 52.5 Å². The molecule has 2 rings (SSSR count). The fourth-order valence-corrected chi connectivity index (χ4v) is 3.45. The van der Waals surface area contributed by atoms with E-state index in [0.717, 1.165) is 44.5 Å². The number of hydrogen-bond donors (Lipinski definition) is 2. The van der Waals surface area contributed by atoms with E-state index in [1.165, 1.54) is 38.8 Å². The van der Waals surface area contributed by atoms with Crippen molar-refractivity contribution in [1.29, 1.82) is 0 Å². The van der Waals surface area contributed by atoms with E-state index in [9.17, 15) is 0 Å². The lowest BCUT2D eigenvalue weighted by Crippen LogP contribution is -2.46. The molecular weight excluding hydrogens is 276 g/mol. The Labute approximate surface area is 135 Å². The zero-order valence-electron chi connectivity index (χ0n) is 14.7. The van der Waals surface area contributed by atoms with Crippen LogP contribution in [0.1, 0.15) is 52.4 Å². The highest BCUT2D eigenvalue weighted by molar-refractivity contribution is 5.79. The minimum Gasteiger partial charge on any atom is -0.373 e. The number of rotatable bonds is 6. The maximum atomic E-state index is 5.80. The van der Waals surface area contributed by atoms with Crippen molar-refractivity contribution < 1.29 is 4.74 Å². The number of hydrogen-bond acceptors (Lipinski definition) is 3. The lowest BCUT2D eigenvalue weighted by Gasteiger charge is -2.33. The van der Waals surface area contributed by atoms with Crippen LogP contribution in [0.3, 0.4) is 0 Å². The Morgan fingerprint density at radius 3 is 2.86 bits per heavy atom. The summed E-state index contributed by atoms with van der Waals surface area (Å²) in [6.45, 7) is 9.68. The minimum absolute atomic E-state index is 0.0269. The molecule has 0 aromatic carbocycles. The number of guanidine groups is 1. The molecule has 2 aliphatic rings. The van der Waals surface area contributed by atoms with E-state index >= 15 is 0 Å². The summed E-state index contributed by atoms with van der Waals surface area (Å²) in [6.07, 6.45) is 7.57. The zero-order chi connectivity index (χ0) is 15.8. The molecule has 0 radical (unpaired) electrons. The van der Waals surface area contributed by atoms with Gasteiger partial charge in [0, 0.05) is 39.3 Å². The van der Waals surface area contributed by atoms with E-state index in [4.69, 9.17) is 4.74 Å². The van der Waals surface area contributed by atoms with Gasteiger partial charge in [-0.1, -0.05) is 6.42 Å². The maximum absolute atomic E-state index is 5.80. The van der Waals surface area contributed by atoms with Crippen LogP contribution in [0, 0.1) is 0 Å². The van der Waals surface area contributed by atoms with E-state index in [-0.39, 0.29) is 5.60 Å². The summed E-state index contributed by atoms with van der Waals surface area (Å²) in [6, 6.07) is 0.755. The molecule has 0 spiro atoms. The van der Waals surface area contributed by atoms with Crippen molar-refractivity contribution in [3.63, 3.8) is 0 Å². The molecule has 0 aromatic heterocycles. The first-order valence-electron chi connectivity index (χ1n) is 8.95. The van der Waals surface area contributed by atoms with Crippen LogP contribution in [0.15, 0.2) is 4.99 Å². The summed E-state index contributed by atoms with van der Waals surface area (Å²) in [5, 5.41) is 6.82. The van der Waals surface area contributed by atoms with Gasteiger partial charge in [-0.25, -0.2) is 0 Å². The van der Waals surface area contributed by atoms with Gasteiger partial charge in [-0.2, -0.15) is 0 Å². The van der Waals surface area contributed by atoms with E-state index in [1.54, 1.807) is 0 Å². The monoisotopic (exact) mass is 310 g/mol. The number of piperidine rings is 1. The van der Waals surface area contributed by atoms with Gasteiger partial charge in [0.1, 0.15) is 0 Å². The largest absolute Gasteiger partial charge is 0.373 e. The van der Waals surface area contributed by atoms with Gasteiger partial charge in [0.05, 0.1) is 5.60 Å². The van der Waals surface area contributed by atoms with E-state index in [1.807, 2.05) is 7.05 Å². The topological polar surface area (TPSA) is 48.9 Å². The zero-order valence-corrected chi connectivity index (χ0v) is 14.7. The number of ether oxygens (including phenoxy) is 1. The highest BCUT2D eigenvalue weighted by atomic mass is 16.5. The standard InChI is InChI=1S/C17H34N4O/c1-15-8-4-5-11-21(15)12-7-10-19-16(18-3)20-14-17(2)9-6-13-22-17/h15H,4-14H2,1-3H3,(H2,18,19,20). The van der Waals surface area contributed by atoms with Gasteiger partial charge in [-0.3, -0.25) is 4.99 Å². The number of nitrogens with one attached hydrogen (secondary N) is 2. The second-order valence-electron chi connectivity index (χ2n) is 6.99. The summed E-state index contributed by atoms with van der Waals surface area (Å²) in [4.78, 5) is 6.92. The van der Waals surface area contributed by atoms with Crippen molar-refractivity contribution in [2.75, 3.05) is 39.8 Å². The Hall–Kier alpha value is -0.810. The van der Waals surface area contributed by atoms with Gasteiger partial charge >= 0.3 is 0 Å². The molecule has 5 nitrogen and oxygen atoms in total. The van der Waals surface area contributed by atoms with Crippen molar-refractivity contribution in [3.05, 3.63) is 0 Å². The second kappa shape index (κ2) is 8.73. The smallest absolute Gasteiger partial charge is 0.191 e. The Morgan fingerprint density at radius 1 is 1.32 bits per heavy atom. The molecule has 0 aromatic rings. The van der Waals surface area contributed by atoms with Gasteiger partial charge in [-0.15, -0.1) is 0 Å². The summed E-state index contributed by atoms with van der Waals surface area (Å²) in [5.74, 6) is 0.892. The van der Waals surface area contributed by atoms with Crippen LogP contribution in [-0.4, -0.2) is 62.3 Å². The molecule has 5 heteroatoms. The highest BCUT2D eigenvalue weighted by Gasteiger charge is 2.29. The van der Waals surface area contributed by atoms with E-state index in [0.29, 0.717) is 0 Å². The van der Waals surface area contributed by atoms with Crippen LogP contribution >= 0.6 is 0 Å². The van der Waals surface area contributed by atoms with Gasteiger partial charge in [0.15, 0.2) is 5.96 Å². The summed E-state index contributed by atoms with van der Waals surface area (Å²) >= 11 is 0. The number of nitrogens with zero attached hydrogens (tertiary/aromatic N) is 2. The highest BCUT2D eigenvalue weighted by Crippen LogP contribution is 2.23.